The molecule has 1 unspecified atom stereocenters. The lowest BCUT2D eigenvalue weighted by atomic mass is 10.1. The fourth-order valence-electron chi connectivity index (χ4n) is 3.09. The van der Waals surface area contributed by atoms with Crippen LogP contribution in [0.2, 0.25) is 5.15 Å². The third-order valence-corrected chi connectivity index (χ3v) is 4.85. The molecule has 0 spiro atoms. The van der Waals surface area contributed by atoms with E-state index in [1.54, 1.807) is 19.1 Å². The van der Waals surface area contributed by atoms with E-state index in [1.165, 1.54) is 16.8 Å². The first-order valence-electron chi connectivity index (χ1n) is 9.06. The Labute approximate surface area is 168 Å². The average molecular weight is 404 g/mol. The zero-order valence-electron chi connectivity index (χ0n) is 16.3. The lowest BCUT2D eigenvalue weighted by molar-refractivity contribution is 0.0946. The van der Waals surface area contributed by atoms with Crippen LogP contribution in [-0.4, -0.2) is 32.0 Å². The highest BCUT2D eigenvalue weighted by atomic mass is 35.5. The molecule has 0 saturated heterocycles. The van der Waals surface area contributed by atoms with E-state index in [4.69, 9.17) is 11.6 Å². The Bertz CT molecular complexity index is 993. The van der Waals surface area contributed by atoms with Crippen LogP contribution in [-0.2, 0) is 6.54 Å². The van der Waals surface area contributed by atoms with Crippen molar-refractivity contribution in [2.75, 3.05) is 6.54 Å². The highest BCUT2D eigenvalue weighted by molar-refractivity contribution is 6.33. The van der Waals surface area contributed by atoms with Crippen LogP contribution in [0.5, 0.6) is 0 Å². The zero-order valence-corrected chi connectivity index (χ0v) is 17.1. The Balaban J connectivity index is 1.69. The minimum absolute atomic E-state index is 0.188. The summed E-state index contributed by atoms with van der Waals surface area (Å²) < 4.78 is 16.5. The molecule has 0 bridgehead atoms. The van der Waals surface area contributed by atoms with Crippen LogP contribution in [0, 0.1) is 32.5 Å². The average Bonchev–Trinajstić information content (AvgIpc) is 3.11. The molecule has 3 aromatic rings. The van der Waals surface area contributed by atoms with Gasteiger partial charge in [0.2, 0.25) is 0 Å². The van der Waals surface area contributed by atoms with E-state index in [0.717, 1.165) is 11.4 Å². The summed E-state index contributed by atoms with van der Waals surface area (Å²) in [6.45, 7) is 8.93. The number of nitrogens with one attached hydrogen (secondary N) is 1. The predicted molar refractivity (Wildman–Crippen MR) is 106 cm³/mol. The SMILES string of the molecule is Cc1cc(C)n(CC(C)CNC(=O)c2c(C)nn(-c3ccc(F)cc3)c2Cl)n1. The topological polar surface area (TPSA) is 64.7 Å². The Morgan fingerprint density at radius 2 is 1.89 bits per heavy atom. The Kier molecular flexibility index (Phi) is 5.84. The number of aryl methyl sites for hydroxylation is 3. The standard InChI is InChI=1S/C20H23ClFN5O/c1-12(11-26-14(3)9-13(2)24-26)10-23-20(28)18-15(4)25-27(19(18)21)17-7-5-16(22)6-8-17/h5-9,12H,10-11H2,1-4H3,(H,23,28). The molecule has 0 aliphatic carbocycles. The number of hydrogen-bond acceptors (Lipinski definition) is 3. The minimum Gasteiger partial charge on any atom is -0.352 e. The minimum atomic E-state index is -0.349. The van der Waals surface area contributed by atoms with Crippen LogP contribution >= 0.6 is 11.6 Å². The van der Waals surface area contributed by atoms with Gasteiger partial charge in [-0.2, -0.15) is 10.2 Å². The summed E-state index contributed by atoms with van der Waals surface area (Å²) in [4.78, 5) is 12.7. The molecule has 2 aromatic heterocycles. The van der Waals surface area contributed by atoms with Gasteiger partial charge in [-0.25, -0.2) is 9.07 Å². The summed E-state index contributed by atoms with van der Waals surface area (Å²) in [5, 5.41) is 11.9. The van der Waals surface area contributed by atoms with Crippen molar-refractivity contribution in [3.8, 4) is 5.69 Å². The van der Waals surface area contributed by atoms with E-state index in [1.807, 2.05) is 31.5 Å². The number of benzene rings is 1. The number of amides is 1. The first kappa shape index (κ1) is 20.1. The fraction of sp³-hybridized carbons (Fsp3) is 0.350. The van der Waals surface area contributed by atoms with E-state index in [2.05, 4.69) is 15.5 Å². The van der Waals surface area contributed by atoms with Gasteiger partial charge in [0.1, 0.15) is 11.0 Å². The molecule has 148 valence electrons. The first-order valence-corrected chi connectivity index (χ1v) is 9.44. The first-order chi connectivity index (χ1) is 13.3. The summed E-state index contributed by atoms with van der Waals surface area (Å²) >= 11 is 6.40. The van der Waals surface area contributed by atoms with Crippen LogP contribution in [0.3, 0.4) is 0 Å². The van der Waals surface area contributed by atoms with Gasteiger partial charge in [0.05, 0.1) is 22.6 Å². The second-order valence-corrected chi connectivity index (χ2v) is 7.42. The molecule has 8 heteroatoms. The molecular formula is C20H23ClFN5O. The van der Waals surface area contributed by atoms with E-state index in [0.29, 0.717) is 30.0 Å². The highest BCUT2D eigenvalue weighted by Gasteiger charge is 2.21. The van der Waals surface area contributed by atoms with Crippen LogP contribution < -0.4 is 5.32 Å². The highest BCUT2D eigenvalue weighted by Crippen LogP contribution is 2.23. The quantitative estimate of drug-likeness (QED) is 0.679. The molecule has 2 heterocycles. The van der Waals surface area contributed by atoms with Crippen LogP contribution in [0.15, 0.2) is 30.3 Å². The molecule has 1 amide bonds. The monoisotopic (exact) mass is 403 g/mol. The summed E-state index contributed by atoms with van der Waals surface area (Å²) in [6, 6.07) is 7.79. The molecule has 1 atom stereocenters. The van der Waals surface area contributed by atoms with Crippen LogP contribution in [0.25, 0.3) is 5.69 Å². The Morgan fingerprint density at radius 1 is 1.21 bits per heavy atom. The van der Waals surface area contributed by atoms with Gasteiger partial charge in [-0.1, -0.05) is 18.5 Å². The molecule has 0 fully saturated rings. The molecule has 6 nitrogen and oxygen atoms in total. The van der Waals surface area contributed by atoms with Crippen molar-refractivity contribution in [2.24, 2.45) is 5.92 Å². The number of aromatic nitrogens is 4. The second-order valence-electron chi connectivity index (χ2n) is 7.06. The molecule has 0 aliphatic heterocycles. The molecule has 0 aliphatic rings. The van der Waals surface area contributed by atoms with Gasteiger partial charge in [-0.3, -0.25) is 9.48 Å². The van der Waals surface area contributed by atoms with Crippen molar-refractivity contribution in [3.05, 3.63) is 63.9 Å². The van der Waals surface area contributed by atoms with Gasteiger partial charge >= 0.3 is 0 Å². The van der Waals surface area contributed by atoms with Crippen molar-refractivity contribution >= 4 is 17.5 Å². The smallest absolute Gasteiger partial charge is 0.256 e. The van der Waals surface area contributed by atoms with Crippen LogP contribution in [0.1, 0.15) is 34.4 Å². The van der Waals surface area contributed by atoms with Gasteiger partial charge in [-0.05, 0) is 57.0 Å². The van der Waals surface area contributed by atoms with E-state index >= 15 is 0 Å². The number of halogens is 2. The molecule has 28 heavy (non-hydrogen) atoms. The number of carbonyl (C=O) groups is 1. The molecule has 0 radical (unpaired) electrons. The van der Waals surface area contributed by atoms with Gasteiger partial charge in [0, 0.05) is 18.8 Å². The Hall–Kier alpha value is -2.67. The van der Waals surface area contributed by atoms with E-state index in [9.17, 15) is 9.18 Å². The summed E-state index contributed by atoms with van der Waals surface area (Å²) in [5.41, 5.74) is 3.49. The van der Waals surface area contributed by atoms with Crippen LogP contribution in [0.4, 0.5) is 4.39 Å². The van der Waals surface area contributed by atoms with Crippen molar-refractivity contribution < 1.29 is 9.18 Å². The third-order valence-electron chi connectivity index (χ3n) is 4.50. The number of hydrogen-bond donors (Lipinski definition) is 1. The van der Waals surface area contributed by atoms with E-state index < -0.39 is 0 Å². The predicted octanol–water partition coefficient (Wildman–Crippen LogP) is 3.85. The second kappa shape index (κ2) is 8.14. The molecular weight excluding hydrogens is 381 g/mol. The molecule has 3 rings (SSSR count). The van der Waals surface area contributed by atoms with Crippen molar-refractivity contribution in [1.82, 2.24) is 24.9 Å². The van der Waals surface area contributed by atoms with Crippen molar-refractivity contribution in [2.45, 2.75) is 34.2 Å². The maximum absolute atomic E-state index is 13.1. The maximum Gasteiger partial charge on any atom is 0.256 e. The van der Waals surface area contributed by atoms with Gasteiger partial charge in [-0.15, -0.1) is 0 Å². The summed E-state index contributed by atoms with van der Waals surface area (Å²) in [5.74, 6) is -0.442. The third kappa shape index (κ3) is 4.25. The zero-order chi connectivity index (χ0) is 20.4. The van der Waals surface area contributed by atoms with Gasteiger partial charge < -0.3 is 5.32 Å². The molecule has 1 aromatic carbocycles. The number of carbonyl (C=O) groups excluding carboxylic acids is 1. The lowest BCUT2D eigenvalue weighted by Gasteiger charge is -2.14. The summed E-state index contributed by atoms with van der Waals surface area (Å²) in [7, 11) is 0. The van der Waals surface area contributed by atoms with Crippen molar-refractivity contribution in [3.63, 3.8) is 0 Å². The Morgan fingerprint density at radius 3 is 2.50 bits per heavy atom. The summed E-state index contributed by atoms with van der Waals surface area (Å²) in [6.07, 6.45) is 0. The molecule has 1 N–H and O–H groups in total. The van der Waals surface area contributed by atoms with Gasteiger partial charge in [0.25, 0.3) is 5.91 Å². The van der Waals surface area contributed by atoms with Gasteiger partial charge in [0.15, 0.2) is 0 Å². The number of rotatable bonds is 6. The fourth-order valence-corrected chi connectivity index (χ4v) is 3.44. The number of nitrogens with zero attached hydrogens (tertiary/aromatic N) is 4. The molecule has 0 saturated carbocycles. The normalized spacial score (nSPS) is 12.2. The van der Waals surface area contributed by atoms with Crippen molar-refractivity contribution in [1.29, 1.82) is 0 Å². The maximum atomic E-state index is 13.1. The largest absolute Gasteiger partial charge is 0.352 e. The lowest BCUT2D eigenvalue weighted by Crippen LogP contribution is -2.30. The van der Waals surface area contributed by atoms with E-state index in [-0.39, 0.29) is 22.8 Å².